The molecule has 5 heteroatoms. The van der Waals surface area contributed by atoms with Crippen LogP contribution in [0.3, 0.4) is 0 Å². The van der Waals surface area contributed by atoms with Crippen LogP contribution >= 0.6 is 0 Å². The Morgan fingerprint density at radius 2 is 1.74 bits per heavy atom. The van der Waals surface area contributed by atoms with Gasteiger partial charge < -0.3 is 10.1 Å². The van der Waals surface area contributed by atoms with Crippen LogP contribution in [0.15, 0.2) is 79.1 Å². The summed E-state index contributed by atoms with van der Waals surface area (Å²) in [6.07, 6.45) is 3.45. The quantitative estimate of drug-likeness (QED) is 0.551. The smallest absolute Gasteiger partial charge is 0.163 e. The molecule has 0 aliphatic rings. The number of hydrogen-bond donors (Lipinski definition) is 1. The first-order valence-corrected chi connectivity index (χ1v) is 8.84. The van der Waals surface area contributed by atoms with Crippen molar-refractivity contribution in [3.05, 3.63) is 84.7 Å². The summed E-state index contributed by atoms with van der Waals surface area (Å²) in [5.41, 5.74) is 2.90. The van der Waals surface area contributed by atoms with Crippen LogP contribution in [0.5, 0.6) is 0 Å². The predicted molar refractivity (Wildman–Crippen MR) is 107 cm³/mol. The highest BCUT2D eigenvalue weighted by atomic mass is 16.5. The highest BCUT2D eigenvalue weighted by Crippen LogP contribution is 2.25. The van der Waals surface area contributed by atoms with Gasteiger partial charge in [-0.1, -0.05) is 42.5 Å². The van der Waals surface area contributed by atoms with Gasteiger partial charge in [0, 0.05) is 37.0 Å². The second-order valence-corrected chi connectivity index (χ2v) is 6.17. The maximum atomic E-state index is 5.67. The molecule has 1 atom stereocenters. The SMILES string of the molecule is CO[C@@H](CNc1nc(-c2cccnc2)nc2ccccc12)c1ccccc1. The Morgan fingerprint density at radius 1 is 0.926 bits per heavy atom. The molecule has 0 radical (unpaired) electrons. The van der Waals surface area contributed by atoms with E-state index in [1.165, 1.54) is 0 Å². The Kier molecular flexibility index (Phi) is 5.03. The Labute approximate surface area is 158 Å². The number of nitrogens with one attached hydrogen (secondary N) is 1. The topological polar surface area (TPSA) is 59.9 Å². The van der Waals surface area contributed by atoms with Crippen molar-refractivity contribution in [3.8, 4) is 11.4 Å². The molecule has 5 nitrogen and oxygen atoms in total. The molecule has 4 rings (SSSR count). The van der Waals surface area contributed by atoms with E-state index >= 15 is 0 Å². The zero-order valence-electron chi connectivity index (χ0n) is 15.0. The molecule has 0 amide bonds. The summed E-state index contributed by atoms with van der Waals surface area (Å²) in [7, 11) is 1.72. The van der Waals surface area contributed by atoms with E-state index in [1.54, 1.807) is 19.5 Å². The summed E-state index contributed by atoms with van der Waals surface area (Å²) in [6, 6.07) is 22.0. The normalized spacial score (nSPS) is 12.0. The number of anilines is 1. The number of rotatable bonds is 6. The molecule has 0 aliphatic carbocycles. The van der Waals surface area contributed by atoms with E-state index in [0.717, 1.165) is 27.8 Å². The van der Waals surface area contributed by atoms with E-state index < -0.39 is 0 Å². The minimum atomic E-state index is -0.0678. The first-order chi connectivity index (χ1) is 13.3. The number of nitrogens with zero attached hydrogens (tertiary/aromatic N) is 3. The zero-order valence-corrected chi connectivity index (χ0v) is 15.0. The number of methoxy groups -OCH3 is 1. The number of aromatic nitrogens is 3. The molecule has 134 valence electrons. The molecular formula is C22H20N4O. The third kappa shape index (κ3) is 3.78. The van der Waals surface area contributed by atoms with Crippen molar-refractivity contribution in [2.75, 3.05) is 19.0 Å². The first kappa shape index (κ1) is 17.1. The minimum absolute atomic E-state index is 0.0678. The van der Waals surface area contributed by atoms with Gasteiger partial charge in [-0.2, -0.15) is 0 Å². The third-order valence-corrected chi connectivity index (χ3v) is 4.43. The summed E-state index contributed by atoms with van der Waals surface area (Å²) in [6.45, 7) is 0.605. The lowest BCUT2D eigenvalue weighted by molar-refractivity contribution is 0.114. The van der Waals surface area contributed by atoms with Crippen LogP contribution in [0.25, 0.3) is 22.3 Å². The van der Waals surface area contributed by atoms with Crippen molar-refractivity contribution < 1.29 is 4.74 Å². The van der Waals surface area contributed by atoms with E-state index in [-0.39, 0.29) is 6.10 Å². The molecule has 0 fully saturated rings. The van der Waals surface area contributed by atoms with Crippen molar-refractivity contribution in [1.29, 1.82) is 0 Å². The first-order valence-electron chi connectivity index (χ1n) is 8.84. The molecule has 0 aliphatic heterocycles. The second kappa shape index (κ2) is 7.93. The monoisotopic (exact) mass is 356 g/mol. The molecule has 4 aromatic rings. The van der Waals surface area contributed by atoms with Crippen LogP contribution in [0.2, 0.25) is 0 Å². The number of fused-ring (bicyclic) bond motifs is 1. The third-order valence-electron chi connectivity index (χ3n) is 4.43. The van der Waals surface area contributed by atoms with Gasteiger partial charge in [-0.15, -0.1) is 0 Å². The van der Waals surface area contributed by atoms with E-state index in [2.05, 4.69) is 27.4 Å². The molecule has 0 bridgehead atoms. The molecular weight excluding hydrogens is 336 g/mol. The number of ether oxygens (including phenoxy) is 1. The molecule has 1 N–H and O–H groups in total. The number of hydrogen-bond acceptors (Lipinski definition) is 5. The summed E-state index contributed by atoms with van der Waals surface area (Å²) in [4.78, 5) is 13.6. The molecule has 2 aromatic carbocycles. The van der Waals surface area contributed by atoms with Crippen LogP contribution in [0, 0.1) is 0 Å². The average Bonchev–Trinajstić information content (AvgIpc) is 2.75. The van der Waals surface area contributed by atoms with E-state index in [0.29, 0.717) is 12.4 Å². The highest BCUT2D eigenvalue weighted by molar-refractivity contribution is 5.90. The molecule has 0 saturated carbocycles. The lowest BCUT2D eigenvalue weighted by Crippen LogP contribution is -2.15. The van der Waals surface area contributed by atoms with Crippen LogP contribution < -0.4 is 5.32 Å². The fourth-order valence-electron chi connectivity index (χ4n) is 3.03. The van der Waals surface area contributed by atoms with Crippen molar-refractivity contribution >= 4 is 16.7 Å². The standard InChI is InChI=1S/C22H20N4O/c1-27-20(16-8-3-2-4-9-16)15-24-22-18-11-5-6-12-19(18)25-21(26-22)17-10-7-13-23-14-17/h2-14,20H,15H2,1H3,(H,24,25,26)/t20-/m0/s1. The van der Waals surface area contributed by atoms with Gasteiger partial charge in [0.15, 0.2) is 5.82 Å². The molecule has 0 spiro atoms. The average molecular weight is 356 g/mol. The van der Waals surface area contributed by atoms with Crippen LogP contribution in [0.1, 0.15) is 11.7 Å². The fraction of sp³-hybridized carbons (Fsp3) is 0.136. The van der Waals surface area contributed by atoms with Gasteiger partial charge >= 0.3 is 0 Å². The van der Waals surface area contributed by atoms with Crippen LogP contribution in [-0.4, -0.2) is 28.6 Å². The van der Waals surface area contributed by atoms with Gasteiger partial charge in [-0.05, 0) is 29.8 Å². The lowest BCUT2D eigenvalue weighted by Gasteiger charge is -2.18. The highest BCUT2D eigenvalue weighted by Gasteiger charge is 2.13. The maximum absolute atomic E-state index is 5.67. The van der Waals surface area contributed by atoms with Gasteiger partial charge in [0.05, 0.1) is 11.6 Å². The molecule has 0 saturated heterocycles. The minimum Gasteiger partial charge on any atom is -0.375 e. The Balaban J connectivity index is 1.68. The summed E-state index contributed by atoms with van der Waals surface area (Å²) < 4.78 is 5.67. The molecule has 0 unspecified atom stereocenters. The Morgan fingerprint density at radius 3 is 2.52 bits per heavy atom. The Hall–Kier alpha value is -3.31. The number of benzene rings is 2. The van der Waals surface area contributed by atoms with Gasteiger partial charge in [0.25, 0.3) is 0 Å². The van der Waals surface area contributed by atoms with Crippen LogP contribution in [-0.2, 0) is 4.74 Å². The van der Waals surface area contributed by atoms with Gasteiger partial charge in [-0.3, -0.25) is 4.98 Å². The summed E-state index contributed by atoms with van der Waals surface area (Å²) in [5, 5.41) is 4.43. The lowest BCUT2D eigenvalue weighted by atomic mass is 10.1. The van der Waals surface area contributed by atoms with Gasteiger partial charge in [0.2, 0.25) is 0 Å². The van der Waals surface area contributed by atoms with E-state index in [4.69, 9.17) is 9.72 Å². The van der Waals surface area contributed by atoms with Crippen molar-refractivity contribution in [2.24, 2.45) is 0 Å². The molecule has 2 heterocycles. The summed E-state index contributed by atoms with van der Waals surface area (Å²) >= 11 is 0. The fourth-order valence-corrected chi connectivity index (χ4v) is 3.03. The number of para-hydroxylation sites is 1. The molecule has 27 heavy (non-hydrogen) atoms. The second-order valence-electron chi connectivity index (χ2n) is 6.17. The summed E-state index contributed by atoms with van der Waals surface area (Å²) in [5.74, 6) is 1.44. The van der Waals surface area contributed by atoms with Crippen molar-refractivity contribution in [1.82, 2.24) is 15.0 Å². The maximum Gasteiger partial charge on any atom is 0.163 e. The van der Waals surface area contributed by atoms with Gasteiger partial charge in [0.1, 0.15) is 5.82 Å². The van der Waals surface area contributed by atoms with Crippen molar-refractivity contribution in [3.63, 3.8) is 0 Å². The number of pyridine rings is 1. The molecule has 2 aromatic heterocycles. The van der Waals surface area contributed by atoms with E-state index in [1.807, 2.05) is 54.6 Å². The van der Waals surface area contributed by atoms with Crippen molar-refractivity contribution in [2.45, 2.75) is 6.10 Å². The predicted octanol–water partition coefficient (Wildman–Crippen LogP) is 4.49. The van der Waals surface area contributed by atoms with Crippen LogP contribution in [0.4, 0.5) is 5.82 Å². The van der Waals surface area contributed by atoms with E-state index in [9.17, 15) is 0 Å². The largest absolute Gasteiger partial charge is 0.375 e. The van der Waals surface area contributed by atoms with Gasteiger partial charge in [-0.25, -0.2) is 9.97 Å². The Bertz CT molecular complexity index is 1020. The zero-order chi connectivity index (χ0) is 18.5.